The van der Waals surface area contributed by atoms with E-state index in [-0.39, 0.29) is 10.5 Å². The second-order valence-corrected chi connectivity index (χ2v) is 6.76. The summed E-state index contributed by atoms with van der Waals surface area (Å²) < 4.78 is 28.0. The van der Waals surface area contributed by atoms with Gasteiger partial charge in [0.25, 0.3) is 0 Å². The standard InChI is InChI=1S/C14H13NO4S2/c1-19-14(16)10-7-8-12(13(9-10)21(15,17)18)20-11-5-3-2-4-6-11/h2-9H,1H3,(H2,15,17,18). The lowest BCUT2D eigenvalue weighted by atomic mass is 10.2. The molecule has 2 N–H and O–H groups in total. The molecule has 0 unspecified atom stereocenters. The van der Waals surface area contributed by atoms with Crippen molar-refractivity contribution in [3.8, 4) is 0 Å². The minimum Gasteiger partial charge on any atom is -0.465 e. The normalized spacial score (nSPS) is 11.1. The third kappa shape index (κ3) is 3.84. The van der Waals surface area contributed by atoms with Crippen LogP contribution in [0.1, 0.15) is 10.4 Å². The fraction of sp³-hybridized carbons (Fsp3) is 0.0714. The molecule has 5 nitrogen and oxygen atoms in total. The molecular weight excluding hydrogens is 310 g/mol. The molecule has 21 heavy (non-hydrogen) atoms. The molecule has 0 fully saturated rings. The zero-order valence-electron chi connectivity index (χ0n) is 11.1. The molecule has 2 rings (SSSR count). The van der Waals surface area contributed by atoms with Crippen molar-refractivity contribution in [3.05, 3.63) is 54.1 Å². The highest BCUT2D eigenvalue weighted by Gasteiger charge is 2.18. The molecule has 0 spiro atoms. The molecule has 0 radical (unpaired) electrons. The molecule has 2 aromatic rings. The Bertz CT molecular complexity index is 758. The SMILES string of the molecule is COC(=O)c1ccc(Sc2ccccc2)c(S(N)(=O)=O)c1. The Labute approximate surface area is 127 Å². The summed E-state index contributed by atoms with van der Waals surface area (Å²) in [6.07, 6.45) is 0. The van der Waals surface area contributed by atoms with E-state index in [1.165, 1.54) is 31.0 Å². The van der Waals surface area contributed by atoms with Gasteiger partial charge in [-0.1, -0.05) is 30.0 Å². The number of rotatable bonds is 4. The first kappa shape index (κ1) is 15.6. The van der Waals surface area contributed by atoms with Crippen LogP contribution in [0.3, 0.4) is 0 Å². The third-order valence-corrected chi connectivity index (χ3v) is 4.81. The molecule has 0 aliphatic rings. The number of methoxy groups -OCH3 is 1. The summed E-state index contributed by atoms with van der Waals surface area (Å²) in [7, 11) is -2.72. The number of hydrogen-bond acceptors (Lipinski definition) is 5. The maximum absolute atomic E-state index is 11.7. The van der Waals surface area contributed by atoms with Gasteiger partial charge in [-0.25, -0.2) is 18.4 Å². The van der Waals surface area contributed by atoms with E-state index in [1.807, 2.05) is 30.3 Å². The van der Waals surface area contributed by atoms with E-state index in [2.05, 4.69) is 4.74 Å². The van der Waals surface area contributed by atoms with Crippen LogP contribution in [0.25, 0.3) is 0 Å². The number of primary sulfonamides is 1. The summed E-state index contributed by atoms with van der Waals surface area (Å²) >= 11 is 1.26. The molecule has 0 heterocycles. The fourth-order valence-electron chi connectivity index (χ4n) is 1.68. The van der Waals surface area contributed by atoms with E-state index in [9.17, 15) is 13.2 Å². The Morgan fingerprint density at radius 3 is 2.38 bits per heavy atom. The van der Waals surface area contributed by atoms with E-state index in [1.54, 1.807) is 6.07 Å². The molecule has 110 valence electrons. The van der Waals surface area contributed by atoms with Crippen LogP contribution in [0.4, 0.5) is 0 Å². The van der Waals surface area contributed by atoms with Crippen molar-refractivity contribution < 1.29 is 17.9 Å². The molecule has 0 saturated heterocycles. The molecular formula is C14H13NO4S2. The summed E-state index contributed by atoms with van der Waals surface area (Å²) in [5, 5.41) is 5.23. The summed E-state index contributed by atoms with van der Waals surface area (Å²) in [6.45, 7) is 0. The Kier molecular flexibility index (Phi) is 4.66. The van der Waals surface area contributed by atoms with Gasteiger partial charge in [0.2, 0.25) is 10.0 Å². The van der Waals surface area contributed by atoms with Gasteiger partial charge in [-0.15, -0.1) is 0 Å². The summed E-state index contributed by atoms with van der Waals surface area (Å²) in [4.78, 5) is 12.7. The van der Waals surface area contributed by atoms with Crippen molar-refractivity contribution in [2.24, 2.45) is 5.14 Å². The fourth-order valence-corrected chi connectivity index (χ4v) is 3.63. The average Bonchev–Trinajstić information content (AvgIpc) is 2.47. The van der Waals surface area contributed by atoms with E-state index in [4.69, 9.17) is 5.14 Å². The number of carbonyl (C=O) groups excluding carboxylic acids is 1. The molecule has 0 aliphatic carbocycles. The summed E-state index contributed by atoms with van der Waals surface area (Å²) in [5.74, 6) is -0.615. The highest BCUT2D eigenvalue weighted by Crippen LogP contribution is 2.32. The van der Waals surface area contributed by atoms with Gasteiger partial charge in [0, 0.05) is 9.79 Å². The second-order valence-electron chi connectivity index (χ2n) is 4.11. The Balaban J connectivity index is 2.48. The van der Waals surface area contributed by atoms with Crippen LogP contribution in [0.2, 0.25) is 0 Å². The van der Waals surface area contributed by atoms with Crippen LogP contribution in [-0.4, -0.2) is 21.5 Å². The van der Waals surface area contributed by atoms with Gasteiger partial charge in [-0.2, -0.15) is 0 Å². The number of benzene rings is 2. The molecule has 0 aliphatic heterocycles. The maximum Gasteiger partial charge on any atom is 0.337 e. The predicted octanol–water partition coefficient (Wildman–Crippen LogP) is 2.27. The topological polar surface area (TPSA) is 86.5 Å². The quantitative estimate of drug-likeness (QED) is 0.872. The monoisotopic (exact) mass is 323 g/mol. The largest absolute Gasteiger partial charge is 0.465 e. The molecule has 2 aromatic carbocycles. The van der Waals surface area contributed by atoms with E-state index < -0.39 is 16.0 Å². The van der Waals surface area contributed by atoms with Crippen LogP contribution in [-0.2, 0) is 14.8 Å². The highest BCUT2D eigenvalue weighted by atomic mass is 32.2. The first-order valence-electron chi connectivity index (χ1n) is 5.90. The predicted molar refractivity (Wildman–Crippen MR) is 79.7 cm³/mol. The Morgan fingerprint density at radius 1 is 1.14 bits per heavy atom. The molecule has 0 aromatic heterocycles. The second kappa shape index (κ2) is 6.30. The van der Waals surface area contributed by atoms with Crippen LogP contribution >= 0.6 is 11.8 Å². The van der Waals surface area contributed by atoms with Crippen LogP contribution in [0, 0.1) is 0 Å². The zero-order valence-corrected chi connectivity index (χ0v) is 12.8. The lowest BCUT2D eigenvalue weighted by Gasteiger charge is -2.09. The van der Waals surface area contributed by atoms with Gasteiger partial charge in [-0.3, -0.25) is 0 Å². The molecule has 0 bridgehead atoms. The van der Waals surface area contributed by atoms with Crippen LogP contribution < -0.4 is 5.14 Å². The van der Waals surface area contributed by atoms with Crippen molar-refractivity contribution in [1.82, 2.24) is 0 Å². The molecule has 7 heteroatoms. The maximum atomic E-state index is 11.7. The molecule has 0 atom stereocenters. The van der Waals surface area contributed by atoms with Gasteiger partial charge in [0.05, 0.1) is 17.6 Å². The third-order valence-electron chi connectivity index (χ3n) is 2.64. The van der Waals surface area contributed by atoms with E-state index in [0.717, 1.165) is 4.90 Å². The summed E-state index contributed by atoms with van der Waals surface area (Å²) in [6, 6.07) is 13.5. The van der Waals surface area contributed by atoms with Gasteiger partial charge in [0.1, 0.15) is 0 Å². The van der Waals surface area contributed by atoms with Gasteiger partial charge in [-0.05, 0) is 30.3 Å². The van der Waals surface area contributed by atoms with Crippen molar-refractivity contribution in [2.45, 2.75) is 14.7 Å². The Morgan fingerprint density at radius 2 is 1.81 bits per heavy atom. The van der Waals surface area contributed by atoms with E-state index >= 15 is 0 Å². The number of esters is 1. The van der Waals surface area contributed by atoms with Crippen molar-refractivity contribution >= 4 is 27.8 Å². The van der Waals surface area contributed by atoms with Crippen molar-refractivity contribution in [1.29, 1.82) is 0 Å². The van der Waals surface area contributed by atoms with Crippen LogP contribution in [0.5, 0.6) is 0 Å². The zero-order chi connectivity index (χ0) is 15.5. The van der Waals surface area contributed by atoms with Crippen LogP contribution in [0.15, 0.2) is 63.2 Å². The van der Waals surface area contributed by atoms with Gasteiger partial charge < -0.3 is 4.74 Å². The molecule has 0 saturated carbocycles. The number of nitrogens with two attached hydrogens (primary N) is 1. The first-order valence-corrected chi connectivity index (χ1v) is 8.26. The smallest absolute Gasteiger partial charge is 0.337 e. The van der Waals surface area contributed by atoms with Gasteiger partial charge in [0.15, 0.2) is 0 Å². The Hall–Kier alpha value is -1.83. The first-order chi connectivity index (χ1) is 9.91. The lowest BCUT2D eigenvalue weighted by molar-refractivity contribution is 0.0600. The number of sulfonamides is 1. The average molecular weight is 323 g/mol. The van der Waals surface area contributed by atoms with E-state index in [0.29, 0.717) is 4.90 Å². The number of ether oxygens (including phenoxy) is 1. The van der Waals surface area contributed by atoms with Crippen molar-refractivity contribution in [3.63, 3.8) is 0 Å². The minimum atomic E-state index is -3.95. The van der Waals surface area contributed by atoms with Gasteiger partial charge >= 0.3 is 5.97 Å². The highest BCUT2D eigenvalue weighted by molar-refractivity contribution is 8.00. The molecule has 0 amide bonds. The minimum absolute atomic E-state index is 0.0979. The lowest BCUT2D eigenvalue weighted by Crippen LogP contribution is -2.14. The summed E-state index contributed by atoms with van der Waals surface area (Å²) in [5.41, 5.74) is 0.138. The number of carbonyl (C=O) groups is 1. The number of hydrogen-bond donors (Lipinski definition) is 1. The van der Waals surface area contributed by atoms with Crippen molar-refractivity contribution in [2.75, 3.05) is 7.11 Å².